The second-order valence-electron chi connectivity index (χ2n) is 5.42. The minimum absolute atomic E-state index is 0.193. The third-order valence-electron chi connectivity index (χ3n) is 2.80. The van der Waals surface area contributed by atoms with Crippen molar-refractivity contribution in [2.45, 2.75) is 32.8 Å². The lowest BCUT2D eigenvalue weighted by Crippen LogP contribution is -2.31. The number of carbonyl (C=O) groups excluding carboxylic acids is 2. The summed E-state index contributed by atoms with van der Waals surface area (Å²) in [6.45, 7) is 5.35. The number of benzene rings is 1. The molecule has 1 atom stereocenters. The summed E-state index contributed by atoms with van der Waals surface area (Å²) in [4.78, 5) is 24.1. The van der Waals surface area contributed by atoms with Crippen LogP contribution in [0.3, 0.4) is 0 Å². The first-order chi connectivity index (χ1) is 8.29. The predicted octanol–water partition coefficient (Wildman–Crippen LogP) is 3.04. The molecule has 4 heteroatoms. The van der Waals surface area contributed by atoms with E-state index in [0.717, 1.165) is 5.56 Å². The van der Waals surface area contributed by atoms with E-state index in [0.29, 0.717) is 17.0 Å². The zero-order valence-corrected chi connectivity index (χ0v) is 11.4. The maximum Gasteiger partial charge on any atom is 0.317 e. The first-order valence-corrected chi connectivity index (χ1v) is 6.22. The van der Waals surface area contributed by atoms with Crippen LogP contribution in [0.15, 0.2) is 18.2 Å². The fraction of sp³-hybridized carbons (Fsp3) is 0.429. The van der Waals surface area contributed by atoms with Gasteiger partial charge in [0.2, 0.25) is 0 Å². The lowest BCUT2D eigenvalue weighted by atomic mass is 10.1. The van der Waals surface area contributed by atoms with Crippen molar-refractivity contribution in [3.8, 4) is 0 Å². The molecule has 1 unspecified atom stereocenters. The summed E-state index contributed by atoms with van der Waals surface area (Å²) in [5.74, 6) is -1.42. The van der Waals surface area contributed by atoms with Crippen LogP contribution in [0.2, 0.25) is 5.02 Å². The number of carbonyl (C=O) groups is 2. The Morgan fingerprint density at radius 3 is 2.61 bits per heavy atom. The Kier molecular flexibility index (Phi) is 3.20. The van der Waals surface area contributed by atoms with E-state index in [1.165, 1.54) is 0 Å². The summed E-state index contributed by atoms with van der Waals surface area (Å²) in [5, 5.41) is 0.534. The molecule has 0 heterocycles. The number of ether oxygens (including phenoxy) is 1. The summed E-state index contributed by atoms with van der Waals surface area (Å²) < 4.78 is 5.26. The Morgan fingerprint density at radius 1 is 1.39 bits per heavy atom. The molecule has 1 aliphatic carbocycles. The highest BCUT2D eigenvalue weighted by molar-refractivity contribution is 6.32. The number of Topliss-reactive ketones (excluding diaryl/α,β-unsaturated/α-hetero) is 1. The molecule has 0 bridgehead atoms. The topological polar surface area (TPSA) is 43.4 Å². The highest BCUT2D eigenvalue weighted by atomic mass is 35.5. The Morgan fingerprint density at radius 2 is 2.06 bits per heavy atom. The maximum absolute atomic E-state index is 12.1. The van der Waals surface area contributed by atoms with Gasteiger partial charge in [0.05, 0.1) is 0 Å². The van der Waals surface area contributed by atoms with E-state index in [4.69, 9.17) is 16.3 Å². The molecular formula is C14H15ClO3. The van der Waals surface area contributed by atoms with Gasteiger partial charge >= 0.3 is 5.97 Å². The third-order valence-corrected chi connectivity index (χ3v) is 3.15. The van der Waals surface area contributed by atoms with Gasteiger partial charge in [0.1, 0.15) is 11.5 Å². The van der Waals surface area contributed by atoms with Crippen LogP contribution in [-0.2, 0) is 16.0 Å². The van der Waals surface area contributed by atoms with Crippen molar-refractivity contribution in [2.75, 3.05) is 0 Å². The minimum atomic E-state index is -0.751. The zero-order valence-electron chi connectivity index (χ0n) is 10.6. The monoisotopic (exact) mass is 266 g/mol. The molecule has 0 saturated carbocycles. The van der Waals surface area contributed by atoms with E-state index in [-0.39, 0.29) is 5.78 Å². The van der Waals surface area contributed by atoms with Crippen molar-refractivity contribution in [3.63, 3.8) is 0 Å². The number of hydrogen-bond acceptors (Lipinski definition) is 3. The molecule has 1 aromatic rings. The largest absolute Gasteiger partial charge is 0.459 e. The number of ketones is 1. The normalized spacial score (nSPS) is 18.7. The van der Waals surface area contributed by atoms with Crippen LogP contribution < -0.4 is 0 Å². The average Bonchev–Trinajstić information content (AvgIpc) is 2.56. The van der Waals surface area contributed by atoms with E-state index in [1.54, 1.807) is 39.0 Å². The van der Waals surface area contributed by atoms with Crippen molar-refractivity contribution in [3.05, 3.63) is 34.3 Å². The maximum atomic E-state index is 12.1. The number of fused-ring (bicyclic) bond motifs is 1. The van der Waals surface area contributed by atoms with Gasteiger partial charge in [-0.05, 0) is 38.8 Å². The van der Waals surface area contributed by atoms with Gasteiger partial charge in [-0.3, -0.25) is 9.59 Å². The highest BCUT2D eigenvalue weighted by Gasteiger charge is 2.39. The molecule has 0 fully saturated rings. The van der Waals surface area contributed by atoms with Crippen molar-refractivity contribution in [2.24, 2.45) is 5.92 Å². The van der Waals surface area contributed by atoms with Gasteiger partial charge in [-0.1, -0.05) is 23.7 Å². The summed E-state index contributed by atoms with van der Waals surface area (Å²) in [6, 6.07) is 5.15. The molecule has 96 valence electrons. The number of hydrogen-bond donors (Lipinski definition) is 0. The molecule has 0 aliphatic heterocycles. The number of esters is 1. The smallest absolute Gasteiger partial charge is 0.317 e. The molecule has 0 spiro atoms. The van der Waals surface area contributed by atoms with Crippen LogP contribution in [0.5, 0.6) is 0 Å². The van der Waals surface area contributed by atoms with Gasteiger partial charge in [-0.25, -0.2) is 0 Å². The van der Waals surface area contributed by atoms with Crippen LogP contribution in [0.1, 0.15) is 36.7 Å². The molecule has 1 aliphatic rings. The first-order valence-electron chi connectivity index (χ1n) is 5.84. The SMILES string of the molecule is CC(C)(C)OC(=O)C1Cc2c(Cl)cccc2C1=O. The van der Waals surface area contributed by atoms with Crippen molar-refractivity contribution in [1.29, 1.82) is 0 Å². The molecular weight excluding hydrogens is 252 g/mol. The Labute approximate surface area is 111 Å². The Balaban J connectivity index is 2.24. The zero-order chi connectivity index (χ0) is 13.5. The van der Waals surface area contributed by atoms with Crippen LogP contribution >= 0.6 is 11.6 Å². The second kappa shape index (κ2) is 4.39. The quantitative estimate of drug-likeness (QED) is 0.580. The van der Waals surface area contributed by atoms with E-state index < -0.39 is 17.5 Å². The fourth-order valence-corrected chi connectivity index (χ4v) is 2.30. The predicted molar refractivity (Wildman–Crippen MR) is 68.8 cm³/mol. The van der Waals surface area contributed by atoms with Crippen molar-refractivity contribution < 1.29 is 14.3 Å². The van der Waals surface area contributed by atoms with Crippen LogP contribution in [0.4, 0.5) is 0 Å². The van der Waals surface area contributed by atoms with Gasteiger partial charge < -0.3 is 4.74 Å². The standard InChI is InChI=1S/C14H15ClO3/c1-14(2,3)18-13(17)10-7-9-8(12(10)16)5-4-6-11(9)15/h4-6,10H,7H2,1-3H3. The Hall–Kier alpha value is -1.35. The molecule has 0 amide bonds. The summed E-state index contributed by atoms with van der Waals surface area (Å²) in [5.41, 5.74) is 0.703. The van der Waals surface area contributed by atoms with E-state index in [9.17, 15) is 9.59 Å². The van der Waals surface area contributed by atoms with E-state index >= 15 is 0 Å². The average molecular weight is 267 g/mol. The van der Waals surface area contributed by atoms with Crippen LogP contribution in [0, 0.1) is 5.92 Å². The van der Waals surface area contributed by atoms with Crippen molar-refractivity contribution >= 4 is 23.4 Å². The van der Waals surface area contributed by atoms with E-state index in [2.05, 4.69) is 0 Å². The molecule has 2 rings (SSSR count). The number of halogens is 1. The molecule has 0 aromatic heterocycles. The lowest BCUT2D eigenvalue weighted by molar-refractivity contribution is -0.157. The fourth-order valence-electron chi connectivity index (χ4n) is 2.04. The Bertz CT molecular complexity index is 514. The van der Waals surface area contributed by atoms with Gasteiger partial charge in [-0.2, -0.15) is 0 Å². The minimum Gasteiger partial charge on any atom is -0.459 e. The third kappa shape index (κ3) is 2.41. The lowest BCUT2D eigenvalue weighted by Gasteiger charge is -2.21. The first kappa shape index (κ1) is 13.1. The number of rotatable bonds is 1. The van der Waals surface area contributed by atoms with Gasteiger partial charge in [0, 0.05) is 10.6 Å². The molecule has 0 saturated heterocycles. The van der Waals surface area contributed by atoms with Crippen molar-refractivity contribution in [1.82, 2.24) is 0 Å². The second-order valence-corrected chi connectivity index (χ2v) is 5.83. The van der Waals surface area contributed by atoms with E-state index in [1.807, 2.05) is 0 Å². The summed E-state index contributed by atoms with van der Waals surface area (Å²) in [7, 11) is 0. The molecule has 3 nitrogen and oxygen atoms in total. The van der Waals surface area contributed by atoms with Gasteiger partial charge in [0.25, 0.3) is 0 Å². The molecule has 1 aromatic carbocycles. The molecule has 18 heavy (non-hydrogen) atoms. The molecule has 0 N–H and O–H groups in total. The van der Waals surface area contributed by atoms with Crippen LogP contribution in [-0.4, -0.2) is 17.4 Å². The summed E-state index contributed by atoms with van der Waals surface area (Å²) in [6.07, 6.45) is 0.336. The van der Waals surface area contributed by atoms with Gasteiger partial charge in [-0.15, -0.1) is 0 Å². The summed E-state index contributed by atoms with van der Waals surface area (Å²) >= 11 is 6.03. The highest BCUT2D eigenvalue weighted by Crippen LogP contribution is 2.33. The van der Waals surface area contributed by atoms with Gasteiger partial charge in [0.15, 0.2) is 5.78 Å². The molecule has 0 radical (unpaired) electrons. The van der Waals surface area contributed by atoms with Crippen LogP contribution in [0.25, 0.3) is 0 Å².